The van der Waals surface area contributed by atoms with Gasteiger partial charge >= 0.3 is 0 Å². The van der Waals surface area contributed by atoms with Crippen molar-refractivity contribution in [2.75, 3.05) is 30.5 Å². The van der Waals surface area contributed by atoms with Crippen molar-refractivity contribution in [3.8, 4) is 0 Å². The van der Waals surface area contributed by atoms with Crippen LogP contribution in [0.15, 0.2) is 24.3 Å². The number of nitrogens with one attached hydrogen (secondary N) is 1. The van der Waals surface area contributed by atoms with Gasteiger partial charge in [-0.3, -0.25) is 4.79 Å². The number of carbonyl (C=O) groups is 1. The van der Waals surface area contributed by atoms with E-state index in [0.717, 1.165) is 0 Å². The van der Waals surface area contributed by atoms with Crippen molar-refractivity contribution < 1.29 is 22.3 Å². The van der Waals surface area contributed by atoms with E-state index >= 15 is 0 Å². The molecule has 0 aliphatic heterocycles. The summed E-state index contributed by atoms with van der Waals surface area (Å²) in [5, 5.41) is 2.38. The molecule has 1 amide bonds. The van der Waals surface area contributed by atoms with Gasteiger partial charge in [0.2, 0.25) is 5.91 Å². The molecular formula is C11H14FNO4S. The third-order valence-electron chi connectivity index (χ3n) is 2.08. The molecule has 1 aromatic carbocycles. The summed E-state index contributed by atoms with van der Waals surface area (Å²) in [5.41, 5.74) is 0.350. The predicted molar refractivity (Wildman–Crippen MR) is 65.6 cm³/mol. The summed E-state index contributed by atoms with van der Waals surface area (Å²) in [4.78, 5) is 11.5. The quantitative estimate of drug-likeness (QED) is 0.834. The molecule has 0 aromatic heterocycles. The molecule has 0 bridgehead atoms. The Hall–Kier alpha value is -1.47. The summed E-state index contributed by atoms with van der Waals surface area (Å²) >= 11 is 0. The summed E-state index contributed by atoms with van der Waals surface area (Å²) in [6, 6.07) is 5.06. The minimum atomic E-state index is -3.48. The second-order valence-corrected chi connectivity index (χ2v) is 5.82. The van der Waals surface area contributed by atoms with Gasteiger partial charge in [-0.05, 0) is 24.3 Å². The fourth-order valence-corrected chi connectivity index (χ4v) is 2.25. The maximum atomic E-state index is 12.6. The third kappa shape index (κ3) is 5.24. The summed E-state index contributed by atoms with van der Waals surface area (Å²) in [7, 11) is -2.10. The summed E-state index contributed by atoms with van der Waals surface area (Å²) in [6.07, 6.45) is 0. The van der Waals surface area contributed by atoms with Crippen LogP contribution in [0, 0.1) is 5.82 Å². The number of carbonyl (C=O) groups excluding carboxylic acids is 1. The molecule has 0 atom stereocenters. The normalized spacial score (nSPS) is 11.2. The van der Waals surface area contributed by atoms with Crippen LogP contribution in [0.2, 0.25) is 0 Å². The summed E-state index contributed by atoms with van der Waals surface area (Å²) < 4.78 is 40.1. The van der Waals surface area contributed by atoms with Crippen LogP contribution in [-0.4, -0.2) is 39.5 Å². The van der Waals surface area contributed by atoms with Crippen LogP contribution in [0.3, 0.4) is 0 Å². The minimum Gasteiger partial charge on any atom is -0.384 e. The van der Waals surface area contributed by atoms with Crippen LogP contribution in [-0.2, 0) is 19.4 Å². The van der Waals surface area contributed by atoms with E-state index in [4.69, 9.17) is 0 Å². The van der Waals surface area contributed by atoms with Crippen LogP contribution in [0.5, 0.6) is 0 Å². The van der Waals surface area contributed by atoms with Crippen LogP contribution in [0.1, 0.15) is 0 Å². The van der Waals surface area contributed by atoms with Gasteiger partial charge in [0.1, 0.15) is 11.6 Å². The van der Waals surface area contributed by atoms with E-state index in [2.05, 4.69) is 10.1 Å². The van der Waals surface area contributed by atoms with E-state index in [0.29, 0.717) is 5.69 Å². The lowest BCUT2D eigenvalue weighted by Gasteiger charge is -2.06. The van der Waals surface area contributed by atoms with Gasteiger partial charge in [-0.1, -0.05) is 0 Å². The number of halogens is 1. The highest BCUT2D eigenvalue weighted by Crippen LogP contribution is 2.08. The van der Waals surface area contributed by atoms with Gasteiger partial charge in [0.25, 0.3) is 0 Å². The standard InChI is InChI=1S/C11H14FNO4S/c1-17-6-7-18(15,16)8-11(14)13-10-4-2-9(12)3-5-10/h2-5H,6-8H2,1H3,(H,13,14). The third-order valence-corrected chi connectivity index (χ3v) is 3.57. The second kappa shape index (κ2) is 6.46. The largest absolute Gasteiger partial charge is 0.384 e. The maximum absolute atomic E-state index is 12.6. The first-order valence-corrected chi connectivity index (χ1v) is 7.00. The highest BCUT2D eigenvalue weighted by molar-refractivity contribution is 7.92. The van der Waals surface area contributed by atoms with Crippen LogP contribution in [0.25, 0.3) is 0 Å². The molecule has 5 nitrogen and oxygen atoms in total. The molecule has 0 spiro atoms. The monoisotopic (exact) mass is 275 g/mol. The van der Waals surface area contributed by atoms with Gasteiger partial charge in [-0.25, -0.2) is 12.8 Å². The van der Waals surface area contributed by atoms with Crippen molar-refractivity contribution in [2.24, 2.45) is 0 Å². The number of sulfone groups is 1. The lowest BCUT2D eigenvalue weighted by molar-refractivity contribution is -0.113. The Balaban J connectivity index is 2.54. The van der Waals surface area contributed by atoms with Gasteiger partial charge in [0.15, 0.2) is 9.84 Å². The molecule has 0 saturated carbocycles. The van der Waals surface area contributed by atoms with E-state index in [1.54, 1.807) is 0 Å². The molecule has 0 aliphatic rings. The lowest BCUT2D eigenvalue weighted by atomic mass is 10.3. The number of ether oxygens (including phenoxy) is 1. The summed E-state index contributed by atoms with van der Waals surface area (Å²) in [6.45, 7) is 0.0478. The van der Waals surface area contributed by atoms with E-state index in [1.165, 1.54) is 31.4 Å². The zero-order valence-electron chi connectivity index (χ0n) is 9.85. The first kappa shape index (κ1) is 14.6. The molecule has 0 radical (unpaired) electrons. The van der Waals surface area contributed by atoms with Gasteiger partial charge in [-0.15, -0.1) is 0 Å². The number of hydrogen-bond acceptors (Lipinski definition) is 4. The molecule has 100 valence electrons. The zero-order valence-corrected chi connectivity index (χ0v) is 10.7. The fraction of sp³-hybridized carbons (Fsp3) is 0.364. The highest BCUT2D eigenvalue weighted by atomic mass is 32.2. The topological polar surface area (TPSA) is 72.5 Å². The maximum Gasteiger partial charge on any atom is 0.239 e. The van der Waals surface area contributed by atoms with Crippen molar-refractivity contribution in [1.29, 1.82) is 0 Å². The summed E-state index contributed by atoms with van der Waals surface area (Å²) in [5.74, 6) is -1.91. The van der Waals surface area contributed by atoms with Crippen molar-refractivity contribution in [3.63, 3.8) is 0 Å². The van der Waals surface area contributed by atoms with Crippen molar-refractivity contribution >= 4 is 21.4 Å². The molecule has 0 saturated heterocycles. The first-order chi connectivity index (χ1) is 8.43. The van der Waals surface area contributed by atoms with Gasteiger partial charge in [0.05, 0.1) is 12.4 Å². The Morgan fingerprint density at radius 2 is 1.94 bits per heavy atom. The predicted octanol–water partition coefficient (Wildman–Crippen LogP) is 0.825. The molecule has 7 heteroatoms. The van der Waals surface area contributed by atoms with Crippen LogP contribution < -0.4 is 5.32 Å². The molecule has 0 aliphatic carbocycles. The average molecular weight is 275 g/mol. The fourth-order valence-electron chi connectivity index (χ4n) is 1.21. The number of rotatable bonds is 6. The molecule has 18 heavy (non-hydrogen) atoms. The van der Waals surface area contributed by atoms with Crippen molar-refractivity contribution in [3.05, 3.63) is 30.1 Å². The first-order valence-electron chi connectivity index (χ1n) is 5.18. The van der Waals surface area contributed by atoms with Crippen LogP contribution >= 0.6 is 0 Å². The van der Waals surface area contributed by atoms with Crippen molar-refractivity contribution in [2.45, 2.75) is 0 Å². The molecule has 0 unspecified atom stereocenters. The Morgan fingerprint density at radius 1 is 1.33 bits per heavy atom. The number of hydrogen-bond donors (Lipinski definition) is 1. The Bertz CT molecular complexity index is 498. The Labute approximate surface area is 105 Å². The van der Waals surface area contributed by atoms with Gasteiger partial charge < -0.3 is 10.1 Å². The lowest BCUT2D eigenvalue weighted by Crippen LogP contribution is -2.26. The Morgan fingerprint density at radius 3 is 2.50 bits per heavy atom. The van der Waals surface area contributed by atoms with E-state index in [-0.39, 0.29) is 12.4 Å². The number of anilines is 1. The van der Waals surface area contributed by atoms with E-state index in [9.17, 15) is 17.6 Å². The molecule has 1 aromatic rings. The molecule has 0 fully saturated rings. The van der Waals surface area contributed by atoms with Crippen molar-refractivity contribution in [1.82, 2.24) is 0 Å². The van der Waals surface area contributed by atoms with Gasteiger partial charge in [-0.2, -0.15) is 0 Å². The second-order valence-electron chi connectivity index (χ2n) is 3.64. The SMILES string of the molecule is COCCS(=O)(=O)CC(=O)Nc1ccc(F)cc1. The molecule has 1 rings (SSSR count). The highest BCUT2D eigenvalue weighted by Gasteiger charge is 2.16. The van der Waals surface area contributed by atoms with Crippen LogP contribution in [0.4, 0.5) is 10.1 Å². The van der Waals surface area contributed by atoms with Gasteiger partial charge in [0, 0.05) is 12.8 Å². The smallest absolute Gasteiger partial charge is 0.239 e. The Kier molecular flexibility index (Phi) is 5.24. The van der Waals surface area contributed by atoms with E-state index < -0.39 is 27.3 Å². The average Bonchev–Trinajstić information content (AvgIpc) is 2.29. The molecule has 1 N–H and O–H groups in total. The number of amides is 1. The molecular weight excluding hydrogens is 261 g/mol. The number of methoxy groups -OCH3 is 1. The number of benzene rings is 1. The zero-order chi connectivity index (χ0) is 13.6. The minimum absolute atomic E-state index is 0.0478. The van der Waals surface area contributed by atoms with E-state index in [1.807, 2.05) is 0 Å². The molecule has 0 heterocycles.